The minimum Gasteiger partial charge on any atom is -0.476 e. The van der Waals surface area contributed by atoms with Crippen molar-refractivity contribution in [2.75, 3.05) is 32.7 Å². The van der Waals surface area contributed by atoms with Crippen LogP contribution in [0.5, 0.6) is 11.6 Å². The molecule has 0 saturated carbocycles. The van der Waals surface area contributed by atoms with Crippen LogP contribution >= 0.6 is 7.75 Å². The maximum atomic E-state index is 16.5. The molecule has 0 aliphatic carbocycles. The first-order valence-electron chi connectivity index (χ1n) is 15.0. The average molecular weight is 695 g/mol. The summed E-state index contributed by atoms with van der Waals surface area (Å²) in [6.45, 7) is 8.37. The molecule has 262 valence electrons. The number of carbonyl (C=O) groups is 1. The third-order valence-corrected chi connectivity index (χ3v) is 8.74. The number of aliphatic hydroxyl groups excluding tert-OH is 1. The number of aromatic nitrogens is 4. The number of aliphatic hydroxyl groups is 1. The van der Waals surface area contributed by atoms with Crippen LogP contribution in [-0.2, 0) is 29.1 Å². The van der Waals surface area contributed by atoms with Crippen molar-refractivity contribution in [2.45, 2.75) is 65.3 Å². The van der Waals surface area contributed by atoms with Crippen molar-refractivity contribution in [3.63, 3.8) is 0 Å². The van der Waals surface area contributed by atoms with Crippen LogP contribution in [0.1, 0.15) is 41.5 Å². The molecule has 0 saturated heterocycles. The lowest BCUT2D eigenvalue weighted by molar-refractivity contribution is -0.253. The second kappa shape index (κ2) is 14.3. The smallest absolute Gasteiger partial charge is 0.459 e. The van der Waals surface area contributed by atoms with Crippen molar-refractivity contribution in [3.8, 4) is 11.6 Å². The first-order chi connectivity index (χ1) is 22.4. The highest BCUT2D eigenvalue weighted by Gasteiger charge is 2.54. The number of imidazole rings is 1. The van der Waals surface area contributed by atoms with Crippen LogP contribution in [0.15, 0.2) is 48.8 Å². The molecule has 4 aromatic rings. The number of anilines is 1. The van der Waals surface area contributed by atoms with Crippen LogP contribution in [0, 0.1) is 5.41 Å². The zero-order valence-electron chi connectivity index (χ0n) is 27.8. The maximum absolute atomic E-state index is 16.5. The van der Waals surface area contributed by atoms with Gasteiger partial charge in [0, 0.05) is 12.5 Å². The molecule has 4 N–H and O–H groups in total. The summed E-state index contributed by atoms with van der Waals surface area (Å²) < 4.78 is 75.1. The van der Waals surface area contributed by atoms with Gasteiger partial charge in [0.25, 0.3) is 5.85 Å². The number of benzene rings is 2. The lowest BCUT2D eigenvalue weighted by Crippen LogP contribution is -2.55. The number of methoxy groups -OCH3 is 1. The number of nitrogens with one attached hydrogen (secondary N) is 1. The van der Waals surface area contributed by atoms with Gasteiger partial charge in [-0.3, -0.25) is 13.9 Å². The van der Waals surface area contributed by atoms with Crippen molar-refractivity contribution < 1.29 is 46.5 Å². The van der Waals surface area contributed by atoms with Gasteiger partial charge in [0.05, 0.1) is 19.5 Å². The Labute approximate surface area is 276 Å². The Morgan fingerprint density at radius 2 is 1.79 bits per heavy atom. The lowest BCUT2D eigenvalue weighted by Gasteiger charge is -2.37. The van der Waals surface area contributed by atoms with Gasteiger partial charge >= 0.3 is 13.7 Å². The zero-order valence-corrected chi connectivity index (χ0v) is 28.7. The first kappa shape index (κ1) is 36.9. The number of esters is 1. The summed E-state index contributed by atoms with van der Waals surface area (Å²) >= 11 is 0. The summed E-state index contributed by atoms with van der Waals surface area (Å²) in [7, 11) is -3.86. The summed E-state index contributed by atoms with van der Waals surface area (Å²) in [5.74, 6) is -7.43. The number of nitrogen functional groups attached to an aromatic ring is 1. The van der Waals surface area contributed by atoms with Crippen LogP contribution in [0.25, 0.3) is 21.9 Å². The lowest BCUT2D eigenvalue weighted by atomic mass is 9.99. The van der Waals surface area contributed by atoms with Crippen molar-refractivity contribution >= 4 is 41.6 Å². The van der Waals surface area contributed by atoms with E-state index >= 15 is 8.78 Å². The number of nitrogens with zero attached hydrogens (tertiary/aromatic N) is 4. The van der Waals surface area contributed by atoms with E-state index in [1.807, 2.05) is 20.8 Å². The maximum Gasteiger partial charge on any atom is 0.459 e. The molecule has 0 aliphatic heterocycles. The molecular formula is C31H41F2N6O8P. The van der Waals surface area contributed by atoms with Crippen LogP contribution in [0.3, 0.4) is 0 Å². The predicted molar refractivity (Wildman–Crippen MR) is 174 cm³/mol. The molecule has 0 fully saturated rings. The molecule has 0 bridgehead atoms. The standard InChI is InChI=1S/C31H41F2N6O8P/c1-8-44-25-23-24(36-28(34)37-25)39(18-35-23)30(6,32)27(41)31(33,43-7)17-46-48(42,38-19(2)26(40)45-16-29(3,4)5)47-22-15-11-13-20-12-9-10-14-21(20)22/h9-15,18-19,27,41H,8,16-17H2,1-7H3,(H,38,42)(H2,34,36,37)/t19?,27-,30?,31+,48?/m0/s1. The van der Waals surface area contributed by atoms with E-state index in [-0.39, 0.29) is 47.4 Å². The van der Waals surface area contributed by atoms with Crippen molar-refractivity contribution in [2.24, 2.45) is 5.41 Å². The third-order valence-electron chi connectivity index (χ3n) is 7.13. The van der Waals surface area contributed by atoms with E-state index in [0.717, 1.165) is 30.3 Å². The summed E-state index contributed by atoms with van der Waals surface area (Å²) in [5.41, 5.74) is 5.21. The molecule has 4 rings (SSSR count). The Bertz CT molecular complexity index is 1800. The van der Waals surface area contributed by atoms with Gasteiger partial charge < -0.3 is 29.6 Å². The van der Waals surface area contributed by atoms with Gasteiger partial charge in [-0.05, 0) is 37.6 Å². The van der Waals surface area contributed by atoms with Gasteiger partial charge in [0.1, 0.15) is 18.4 Å². The number of fused-ring (bicyclic) bond motifs is 2. The molecule has 3 unspecified atom stereocenters. The summed E-state index contributed by atoms with van der Waals surface area (Å²) in [5, 5.41) is 14.9. The Kier molecular flexibility index (Phi) is 11.0. The summed E-state index contributed by atoms with van der Waals surface area (Å²) in [6, 6.07) is 10.7. The highest BCUT2D eigenvalue weighted by Crippen LogP contribution is 2.48. The molecule has 17 heteroatoms. The molecule has 0 spiro atoms. The van der Waals surface area contributed by atoms with E-state index < -0.39 is 44.1 Å². The number of hydrogen-bond acceptors (Lipinski definition) is 12. The normalized spacial score (nSPS) is 17.2. The minimum absolute atomic E-state index is 0.00442. The van der Waals surface area contributed by atoms with Gasteiger partial charge in [0.15, 0.2) is 17.3 Å². The van der Waals surface area contributed by atoms with E-state index in [0.29, 0.717) is 5.39 Å². The van der Waals surface area contributed by atoms with Crippen LogP contribution in [0.2, 0.25) is 0 Å². The molecule has 0 aliphatic rings. The van der Waals surface area contributed by atoms with E-state index in [1.165, 1.54) is 13.0 Å². The summed E-state index contributed by atoms with van der Waals surface area (Å²) in [6.07, 6.45) is -1.69. The molecule has 2 heterocycles. The van der Waals surface area contributed by atoms with Gasteiger partial charge in [0.2, 0.25) is 17.6 Å². The van der Waals surface area contributed by atoms with Gasteiger partial charge in [-0.2, -0.15) is 15.1 Å². The average Bonchev–Trinajstić information content (AvgIpc) is 3.47. The Hall–Kier alpha value is -3.95. The van der Waals surface area contributed by atoms with Crippen LogP contribution < -0.4 is 20.1 Å². The van der Waals surface area contributed by atoms with Crippen molar-refractivity contribution in [1.29, 1.82) is 0 Å². The molecule has 5 atom stereocenters. The number of carbonyl (C=O) groups excluding carboxylic acids is 1. The first-order valence-corrected chi connectivity index (χ1v) is 16.6. The number of halogens is 2. The fraction of sp³-hybridized carbons (Fsp3) is 0.484. The topological polar surface area (TPSA) is 182 Å². The SMILES string of the molecule is CCOc1nc(N)nc2c1ncn2C(C)(F)[C@H](O)[C@@](F)(COP(=O)(NC(C)C(=O)OCC(C)(C)C)Oc1cccc2ccccc12)OC. The molecule has 48 heavy (non-hydrogen) atoms. The van der Waals surface area contributed by atoms with Gasteiger partial charge in [-0.1, -0.05) is 57.2 Å². The highest BCUT2D eigenvalue weighted by atomic mass is 31.2. The van der Waals surface area contributed by atoms with Crippen LogP contribution in [-0.4, -0.2) is 75.5 Å². The number of alkyl halides is 2. The fourth-order valence-corrected chi connectivity index (χ4v) is 6.12. The quantitative estimate of drug-likeness (QED) is 0.111. The van der Waals surface area contributed by atoms with E-state index in [1.54, 1.807) is 43.3 Å². The van der Waals surface area contributed by atoms with Gasteiger partial charge in [-0.25, -0.2) is 18.3 Å². The number of hydrogen-bond donors (Lipinski definition) is 3. The largest absolute Gasteiger partial charge is 0.476 e. The molecular weight excluding hydrogens is 653 g/mol. The summed E-state index contributed by atoms with van der Waals surface area (Å²) in [4.78, 5) is 24.8. The van der Waals surface area contributed by atoms with Crippen molar-refractivity contribution in [1.82, 2.24) is 24.6 Å². The monoisotopic (exact) mass is 694 g/mol. The molecule has 2 aromatic carbocycles. The van der Waals surface area contributed by atoms with E-state index in [4.69, 9.17) is 29.0 Å². The molecule has 14 nitrogen and oxygen atoms in total. The number of rotatable bonds is 15. The highest BCUT2D eigenvalue weighted by molar-refractivity contribution is 7.52. The Morgan fingerprint density at radius 3 is 2.46 bits per heavy atom. The number of nitrogens with two attached hydrogens (primary N) is 1. The molecule has 2 aromatic heterocycles. The second-order valence-electron chi connectivity index (χ2n) is 12.4. The molecule has 0 amide bonds. The second-order valence-corrected chi connectivity index (χ2v) is 14.1. The van der Waals surface area contributed by atoms with E-state index in [2.05, 4.69) is 20.0 Å². The van der Waals surface area contributed by atoms with Crippen LogP contribution in [0.4, 0.5) is 14.7 Å². The molecule has 0 radical (unpaired) electrons. The Balaban J connectivity index is 1.65. The predicted octanol–water partition coefficient (Wildman–Crippen LogP) is 5.05. The Morgan fingerprint density at radius 1 is 1.10 bits per heavy atom. The zero-order chi connectivity index (χ0) is 35.5. The minimum atomic E-state index is -4.72. The number of ether oxygens (including phenoxy) is 3. The van der Waals surface area contributed by atoms with Crippen molar-refractivity contribution in [3.05, 3.63) is 48.8 Å². The fourth-order valence-electron chi connectivity index (χ4n) is 4.59. The third kappa shape index (κ3) is 8.18. The van der Waals surface area contributed by atoms with Gasteiger partial charge in [-0.15, -0.1) is 0 Å². The van der Waals surface area contributed by atoms with E-state index in [9.17, 15) is 14.5 Å².